The van der Waals surface area contributed by atoms with E-state index in [9.17, 15) is 9.59 Å². The molecule has 0 atom stereocenters. The van der Waals surface area contributed by atoms with E-state index in [0.717, 1.165) is 12.0 Å². The Labute approximate surface area is 135 Å². The molecule has 0 unspecified atom stereocenters. The van der Waals surface area contributed by atoms with Gasteiger partial charge in [-0.05, 0) is 24.1 Å². The second kappa shape index (κ2) is 7.49. The number of methoxy groups -OCH3 is 1. The third-order valence-corrected chi connectivity index (χ3v) is 4.16. The van der Waals surface area contributed by atoms with Crippen LogP contribution in [0.5, 0.6) is 5.75 Å². The van der Waals surface area contributed by atoms with Crippen LogP contribution in [-0.4, -0.2) is 54.9 Å². The van der Waals surface area contributed by atoms with Gasteiger partial charge < -0.3 is 14.5 Å². The maximum atomic E-state index is 12.4. The summed E-state index contributed by atoms with van der Waals surface area (Å²) in [5.74, 6) is 0.729. The molecule has 0 N–H and O–H groups in total. The number of amides is 2. The van der Waals surface area contributed by atoms with Crippen LogP contribution < -0.4 is 4.74 Å². The molecule has 1 aliphatic heterocycles. The molecule has 1 aromatic rings. The molecule has 0 radical (unpaired) electrons. The number of carbonyl (C=O) groups is 2. The van der Waals surface area contributed by atoms with Crippen molar-refractivity contribution < 1.29 is 14.3 Å². The van der Waals surface area contributed by atoms with Crippen LogP contribution in [0.1, 0.15) is 18.9 Å². The number of rotatable bonds is 3. The first-order valence-corrected chi connectivity index (χ1v) is 7.74. The van der Waals surface area contributed by atoms with Crippen molar-refractivity contribution in [3.63, 3.8) is 0 Å². The highest BCUT2D eigenvalue weighted by Crippen LogP contribution is 2.25. The SMILES string of the molecule is COc1ccc(CC(=O)N2CCCN(C(C)=O)CC2)cc1Cl. The summed E-state index contributed by atoms with van der Waals surface area (Å²) in [7, 11) is 1.56. The molecule has 6 heteroatoms. The molecule has 0 spiro atoms. The van der Waals surface area contributed by atoms with Crippen LogP contribution in [0.2, 0.25) is 5.02 Å². The van der Waals surface area contributed by atoms with Gasteiger partial charge in [-0.15, -0.1) is 0 Å². The first kappa shape index (κ1) is 16.6. The summed E-state index contributed by atoms with van der Waals surface area (Å²) < 4.78 is 5.11. The first-order chi connectivity index (χ1) is 10.5. The molecule has 1 aliphatic rings. The molecule has 0 aromatic heterocycles. The van der Waals surface area contributed by atoms with Crippen molar-refractivity contribution >= 4 is 23.4 Å². The van der Waals surface area contributed by atoms with Crippen LogP contribution in [0.15, 0.2) is 18.2 Å². The van der Waals surface area contributed by atoms with Crippen molar-refractivity contribution in [2.75, 3.05) is 33.3 Å². The van der Waals surface area contributed by atoms with Gasteiger partial charge in [0.25, 0.3) is 0 Å². The summed E-state index contributed by atoms with van der Waals surface area (Å²) in [5.41, 5.74) is 0.864. The third kappa shape index (κ3) is 4.13. The average molecular weight is 325 g/mol. The first-order valence-electron chi connectivity index (χ1n) is 7.37. The van der Waals surface area contributed by atoms with Gasteiger partial charge in [-0.1, -0.05) is 17.7 Å². The van der Waals surface area contributed by atoms with Gasteiger partial charge in [-0.25, -0.2) is 0 Å². The standard InChI is InChI=1S/C16H21ClN2O3/c1-12(20)18-6-3-7-19(9-8-18)16(21)11-13-4-5-15(22-2)14(17)10-13/h4-5,10H,3,6-9,11H2,1-2H3. The highest BCUT2D eigenvalue weighted by molar-refractivity contribution is 6.32. The number of halogens is 1. The molecule has 1 aromatic carbocycles. The van der Waals surface area contributed by atoms with Crippen molar-refractivity contribution in [2.45, 2.75) is 19.8 Å². The zero-order valence-electron chi connectivity index (χ0n) is 13.0. The van der Waals surface area contributed by atoms with Gasteiger partial charge in [0.1, 0.15) is 5.75 Å². The van der Waals surface area contributed by atoms with Crippen LogP contribution >= 0.6 is 11.6 Å². The lowest BCUT2D eigenvalue weighted by Crippen LogP contribution is -2.37. The normalized spacial score (nSPS) is 15.4. The predicted octanol–water partition coefficient (Wildman–Crippen LogP) is 1.97. The van der Waals surface area contributed by atoms with Crippen LogP contribution in [0.3, 0.4) is 0 Å². The minimum Gasteiger partial charge on any atom is -0.495 e. The Morgan fingerprint density at radius 3 is 2.50 bits per heavy atom. The largest absolute Gasteiger partial charge is 0.495 e. The van der Waals surface area contributed by atoms with Gasteiger partial charge in [0, 0.05) is 33.1 Å². The lowest BCUT2D eigenvalue weighted by molar-refractivity contribution is -0.132. The van der Waals surface area contributed by atoms with Crippen molar-refractivity contribution in [1.82, 2.24) is 9.80 Å². The molecule has 2 amide bonds. The quantitative estimate of drug-likeness (QED) is 0.854. The van der Waals surface area contributed by atoms with Crippen molar-refractivity contribution in [3.05, 3.63) is 28.8 Å². The number of carbonyl (C=O) groups excluding carboxylic acids is 2. The predicted molar refractivity (Wildman–Crippen MR) is 85.2 cm³/mol. The van der Waals surface area contributed by atoms with Gasteiger partial charge in [0.2, 0.25) is 11.8 Å². The van der Waals surface area contributed by atoms with Crippen molar-refractivity contribution in [1.29, 1.82) is 0 Å². The molecule has 120 valence electrons. The fourth-order valence-corrected chi connectivity index (χ4v) is 2.87. The monoisotopic (exact) mass is 324 g/mol. The van der Waals surface area contributed by atoms with Crippen LogP contribution in [0.4, 0.5) is 0 Å². The van der Waals surface area contributed by atoms with E-state index in [1.165, 1.54) is 0 Å². The topological polar surface area (TPSA) is 49.9 Å². The fourth-order valence-electron chi connectivity index (χ4n) is 2.59. The Morgan fingerprint density at radius 2 is 1.86 bits per heavy atom. The van der Waals surface area contributed by atoms with Gasteiger partial charge in [-0.2, -0.15) is 0 Å². The van der Waals surface area contributed by atoms with E-state index in [1.54, 1.807) is 31.1 Å². The summed E-state index contributed by atoms with van der Waals surface area (Å²) in [6, 6.07) is 5.38. The van der Waals surface area contributed by atoms with Gasteiger partial charge >= 0.3 is 0 Å². The third-order valence-electron chi connectivity index (χ3n) is 3.87. The smallest absolute Gasteiger partial charge is 0.227 e. The van der Waals surface area contributed by atoms with E-state index in [4.69, 9.17) is 16.3 Å². The number of nitrogens with zero attached hydrogens (tertiary/aromatic N) is 2. The Bertz CT molecular complexity index is 562. The molecule has 1 saturated heterocycles. The van der Waals surface area contributed by atoms with E-state index < -0.39 is 0 Å². The second-order valence-corrected chi connectivity index (χ2v) is 5.79. The van der Waals surface area contributed by atoms with Gasteiger partial charge in [-0.3, -0.25) is 9.59 Å². The van der Waals surface area contributed by atoms with Crippen molar-refractivity contribution in [2.24, 2.45) is 0 Å². The average Bonchev–Trinajstić information content (AvgIpc) is 2.73. The number of ether oxygens (including phenoxy) is 1. The van der Waals surface area contributed by atoms with E-state index in [0.29, 0.717) is 43.4 Å². The summed E-state index contributed by atoms with van der Waals surface area (Å²) >= 11 is 6.08. The van der Waals surface area contributed by atoms with Crippen LogP contribution in [0.25, 0.3) is 0 Å². The Kier molecular flexibility index (Phi) is 5.66. The van der Waals surface area contributed by atoms with E-state index >= 15 is 0 Å². The molecular weight excluding hydrogens is 304 g/mol. The fraction of sp³-hybridized carbons (Fsp3) is 0.500. The second-order valence-electron chi connectivity index (χ2n) is 5.39. The molecule has 2 rings (SSSR count). The minimum absolute atomic E-state index is 0.0617. The zero-order chi connectivity index (χ0) is 16.1. The highest BCUT2D eigenvalue weighted by atomic mass is 35.5. The molecule has 0 bridgehead atoms. The lowest BCUT2D eigenvalue weighted by Gasteiger charge is -2.21. The lowest BCUT2D eigenvalue weighted by atomic mass is 10.1. The van der Waals surface area contributed by atoms with E-state index in [-0.39, 0.29) is 11.8 Å². The Morgan fingerprint density at radius 1 is 1.18 bits per heavy atom. The Hall–Kier alpha value is -1.75. The number of benzene rings is 1. The van der Waals surface area contributed by atoms with Gasteiger partial charge in [0.15, 0.2) is 0 Å². The molecular formula is C16H21ClN2O3. The molecule has 0 saturated carbocycles. The number of hydrogen-bond donors (Lipinski definition) is 0. The van der Waals surface area contributed by atoms with E-state index in [2.05, 4.69) is 0 Å². The summed E-state index contributed by atoms with van der Waals surface area (Å²) in [6.07, 6.45) is 1.12. The summed E-state index contributed by atoms with van der Waals surface area (Å²) in [4.78, 5) is 27.4. The van der Waals surface area contributed by atoms with Crippen LogP contribution in [0, 0.1) is 0 Å². The maximum absolute atomic E-state index is 12.4. The molecule has 1 fully saturated rings. The molecule has 0 aliphatic carbocycles. The summed E-state index contributed by atoms with van der Waals surface area (Å²) in [6.45, 7) is 4.16. The highest BCUT2D eigenvalue weighted by Gasteiger charge is 2.20. The summed E-state index contributed by atoms with van der Waals surface area (Å²) in [5, 5.41) is 0.506. The molecule has 5 nitrogen and oxygen atoms in total. The van der Waals surface area contributed by atoms with E-state index in [1.807, 2.05) is 11.0 Å². The van der Waals surface area contributed by atoms with Crippen molar-refractivity contribution in [3.8, 4) is 5.75 Å². The number of hydrogen-bond acceptors (Lipinski definition) is 3. The Balaban J connectivity index is 1.97. The minimum atomic E-state index is 0.0617. The van der Waals surface area contributed by atoms with Gasteiger partial charge in [0.05, 0.1) is 18.6 Å². The van der Waals surface area contributed by atoms with Crippen LogP contribution in [-0.2, 0) is 16.0 Å². The molecule has 22 heavy (non-hydrogen) atoms. The maximum Gasteiger partial charge on any atom is 0.227 e. The zero-order valence-corrected chi connectivity index (χ0v) is 13.7. The molecule has 1 heterocycles.